The first-order chi connectivity index (χ1) is 14.8. The fourth-order valence-electron chi connectivity index (χ4n) is 4.57. The predicted octanol–water partition coefficient (Wildman–Crippen LogP) is 4.25. The first-order valence-electron chi connectivity index (χ1n) is 11.0. The molecule has 4 rings (SSSR count). The van der Waals surface area contributed by atoms with Gasteiger partial charge in [0.1, 0.15) is 0 Å². The lowest BCUT2D eigenvalue weighted by molar-refractivity contribution is -0.126. The van der Waals surface area contributed by atoms with Crippen LogP contribution >= 0.6 is 11.6 Å². The van der Waals surface area contributed by atoms with Crippen molar-refractivity contribution in [2.45, 2.75) is 50.8 Å². The Hall–Kier alpha value is -1.89. The van der Waals surface area contributed by atoms with Crippen LogP contribution in [0, 0.1) is 5.92 Å². The maximum Gasteiger partial charge on any atom is 0.224 e. The Morgan fingerprint density at radius 1 is 1.13 bits per heavy atom. The van der Waals surface area contributed by atoms with Gasteiger partial charge in [-0.2, -0.15) is 0 Å². The lowest BCUT2D eigenvalue weighted by Gasteiger charge is -2.32. The van der Waals surface area contributed by atoms with Crippen molar-refractivity contribution in [3.8, 4) is 0 Å². The van der Waals surface area contributed by atoms with E-state index in [1.54, 1.807) is 24.3 Å². The lowest BCUT2D eigenvalue weighted by Crippen LogP contribution is -2.46. The Balaban J connectivity index is 1.38. The summed E-state index contributed by atoms with van der Waals surface area (Å²) < 4.78 is 27.3. The highest BCUT2D eigenvalue weighted by Gasteiger charge is 2.33. The van der Waals surface area contributed by atoms with Gasteiger partial charge in [-0.1, -0.05) is 41.9 Å². The quantitative estimate of drug-likeness (QED) is 0.700. The summed E-state index contributed by atoms with van der Waals surface area (Å²) in [5.74, 6) is -0.477. The highest BCUT2D eigenvalue weighted by atomic mass is 35.5. The number of carbonyl (C=O) groups excluding carboxylic acids is 1. The average molecular weight is 461 g/mol. The monoisotopic (exact) mass is 460 g/mol. The van der Waals surface area contributed by atoms with Crippen LogP contribution in [-0.4, -0.2) is 31.7 Å². The van der Waals surface area contributed by atoms with E-state index in [0.717, 1.165) is 18.4 Å². The van der Waals surface area contributed by atoms with Gasteiger partial charge in [0, 0.05) is 18.1 Å². The number of nitrogens with zero attached hydrogens (tertiary/aromatic N) is 1. The Bertz CT molecular complexity index is 1050. The average Bonchev–Trinajstić information content (AvgIpc) is 3.23. The number of sulfonamides is 1. The normalized spacial score (nSPS) is 20.3. The highest BCUT2D eigenvalue weighted by molar-refractivity contribution is 7.88. The van der Waals surface area contributed by atoms with Crippen LogP contribution in [0.3, 0.4) is 0 Å². The molecule has 1 aliphatic heterocycles. The molecule has 1 amide bonds. The molecule has 2 aromatic carbocycles. The van der Waals surface area contributed by atoms with Gasteiger partial charge in [0.25, 0.3) is 0 Å². The van der Waals surface area contributed by atoms with Gasteiger partial charge in [0.05, 0.1) is 17.7 Å². The van der Waals surface area contributed by atoms with Crippen molar-refractivity contribution in [3.05, 3.63) is 69.7 Å². The molecule has 31 heavy (non-hydrogen) atoms. The van der Waals surface area contributed by atoms with E-state index in [1.165, 1.54) is 21.9 Å². The molecule has 2 atom stereocenters. The summed E-state index contributed by atoms with van der Waals surface area (Å²) in [6, 6.07) is 13.2. The second-order valence-electron chi connectivity index (χ2n) is 8.69. The maximum absolute atomic E-state index is 12.9. The van der Waals surface area contributed by atoms with E-state index in [1.807, 2.05) is 6.92 Å². The van der Waals surface area contributed by atoms with Gasteiger partial charge in [0.2, 0.25) is 15.9 Å². The number of carbonyl (C=O) groups is 1. The molecule has 0 saturated carbocycles. The number of benzene rings is 2. The van der Waals surface area contributed by atoms with Crippen LogP contribution in [0.4, 0.5) is 0 Å². The van der Waals surface area contributed by atoms with E-state index < -0.39 is 10.0 Å². The zero-order valence-corrected chi connectivity index (χ0v) is 19.4. The topological polar surface area (TPSA) is 66.5 Å². The molecule has 1 heterocycles. The summed E-state index contributed by atoms with van der Waals surface area (Å²) in [5.41, 5.74) is 4.60. The van der Waals surface area contributed by atoms with E-state index >= 15 is 0 Å². The summed E-state index contributed by atoms with van der Waals surface area (Å²) in [5, 5.41) is 3.69. The van der Waals surface area contributed by atoms with Crippen molar-refractivity contribution in [1.82, 2.24) is 9.62 Å². The number of fused-ring (bicyclic) bond motifs is 1. The molecule has 1 fully saturated rings. The summed E-state index contributed by atoms with van der Waals surface area (Å²) >= 11 is 5.89. The fraction of sp³-hybridized carbons (Fsp3) is 0.458. The molecular weight excluding hydrogens is 432 g/mol. The number of halogens is 1. The fourth-order valence-corrected chi connectivity index (χ4v) is 6.30. The third kappa shape index (κ3) is 5.30. The maximum atomic E-state index is 12.9. The number of amides is 1. The molecule has 0 bridgehead atoms. The van der Waals surface area contributed by atoms with Crippen LogP contribution in [0.5, 0.6) is 0 Å². The first kappa shape index (κ1) is 22.3. The molecule has 2 aliphatic rings. The molecule has 0 spiro atoms. The Kier molecular flexibility index (Phi) is 6.70. The number of aryl methyl sites for hydroxylation is 2. The van der Waals surface area contributed by atoms with E-state index in [4.69, 9.17) is 11.6 Å². The number of hydrogen-bond acceptors (Lipinski definition) is 3. The van der Waals surface area contributed by atoms with Crippen LogP contribution in [0.1, 0.15) is 54.5 Å². The van der Waals surface area contributed by atoms with E-state index in [-0.39, 0.29) is 30.2 Å². The minimum atomic E-state index is -3.49. The lowest BCUT2D eigenvalue weighted by atomic mass is 9.97. The van der Waals surface area contributed by atoms with Gasteiger partial charge in [0.15, 0.2) is 0 Å². The van der Waals surface area contributed by atoms with Gasteiger partial charge in [-0.15, -0.1) is 0 Å². The van der Waals surface area contributed by atoms with Crippen LogP contribution in [-0.2, 0) is 33.4 Å². The largest absolute Gasteiger partial charge is 0.349 e. The molecular formula is C24H29ClN2O3S. The highest BCUT2D eigenvalue weighted by Crippen LogP contribution is 2.27. The summed E-state index contributed by atoms with van der Waals surface area (Å²) in [6.45, 7) is 2.69. The van der Waals surface area contributed by atoms with Gasteiger partial charge in [-0.25, -0.2) is 12.7 Å². The molecule has 7 heteroatoms. The SMILES string of the molecule is C[C@H](NC(=O)[C@H]1CCCN(S(=O)(=O)Cc2ccc(Cl)cc2)C1)c1ccc2c(c1)CCC2. The molecule has 166 valence electrons. The smallest absolute Gasteiger partial charge is 0.224 e. The zero-order valence-electron chi connectivity index (χ0n) is 17.8. The second-order valence-corrected chi connectivity index (χ2v) is 11.1. The van der Waals surface area contributed by atoms with E-state index in [9.17, 15) is 13.2 Å². The minimum absolute atomic E-state index is 0.0700. The molecule has 5 nitrogen and oxygen atoms in total. The summed E-state index contributed by atoms with van der Waals surface area (Å²) in [4.78, 5) is 12.9. The van der Waals surface area contributed by atoms with Gasteiger partial charge in [-0.05, 0) is 73.4 Å². The van der Waals surface area contributed by atoms with Crippen molar-refractivity contribution in [1.29, 1.82) is 0 Å². The summed E-state index contributed by atoms with van der Waals surface area (Å²) in [6.07, 6.45) is 4.83. The number of nitrogens with one attached hydrogen (secondary N) is 1. The van der Waals surface area contributed by atoms with Gasteiger partial charge in [-0.3, -0.25) is 4.79 Å². The molecule has 2 aromatic rings. The van der Waals surface area contributed by atoms with E-state index in [2.05, 4.69) is 23.5 Å². The van der Waals surface area contributed by atoms with E-state index in [0.29, 0.717) is 30.0 Å². The van der Waals surface area contributed by atoms with Crippen molar-refractivity contribution >= 4 is 27.5 Å². The Morgan fingerprint density at radius 2 is 1.87 bits per heavy atom. The third-order valence-electron chi connectivity index (χ3n) is 6.39. The third-order valence-corrected chi connectivity index (χ3v) is 8.46. The van der Waals surface area contributed by atoms with Crippen LogP contribution in [0.15, 0.2) is 42.5 Å². The second kappa shape index (κ2) is 9.31. The van der Waals surface area contributed by atoms with Crippen molar-refractivity contribution in [3.63, 3.8) is 0 Å². The number of hydrogen-bond donors (Lipinski definition) is 1. The number of piperidine rings is 1. The molecule has 0 unspecified atom stereocenters. The van der Waals surface area contributed by atoms with Gasteiger partial charge >= 0.3 is 0 Å². The Morgan fingerprint density at radius 3 is 2.65 bits per heavy atom. The molecule has 0 aromatic heterocycles. The van der Waals surface area contributed by atoms with Crippen molar-refractivity contribution in [2.75, 3.05) is 13.1 Å². The Labute approximate surface area is 189 Å². The molecule has 0 radical (unpaired) electrons. The molecule has 1 saturated heterocycles. The minimum Gasteiger partial charge on any atom is -0.349 e. The molecule has 1 N–H and O–H groups in total. The van der Waals surface area contributed by atoms with Crippen LogP contribution in [0.25, 0.3) is 0 Å². The van der Waals surface area contributed by atoms with Crippen molar-refractivity contribution in [2.24, 2.45) is 5.92 Å². The zero-order chi connectivity index (χ0) is 22.0. The van der Waals surface area contributed by atoms with Gasteiger partial charge < -0.3 is 5.32 Å². The summed E-state index contributed by atoms with van der Waals surface area (Å²) in [7, 11) is -3.49. The van der Waals surface area contributed by atoms with Crippen LogP contribution in [0.2, 0.25) is 5.02 Å². The molecule has 1 aliphatic carbocycles. The standard InChI is InChI=1S/C24H29ClN2O3S/c1-17(20-10-9-19-4-2-5-21(19)14-20)26-24(28)22-6-3-13-27(15-22)31(29,30)16-18-7-11-23(25)12-8-18/h7-12,14,17,22H,2-6,13,15-16H2,1H3,(H,26,28)/t17-,22-/m0/s1. The first-order valence-corrected chi connectivity index (χ1v) is 12.9. The van der Waals surface area contributed by atoms with Crippen molar-refractivity contribution < 1.29 is 13.2 Å². The van der Waals surface area contributed by atoms with Crippen LogP contribution < -0.4 is 5.32 Å². The predicted molar refractivity (Wildman–Crippen MR) is 123 cm³/mol. The number of rotatable bonds is 6.